The van der Waals surface area contributed by atoms with Crippen LogP contribution in [-0.2, 0) is 40.2 Å². The Hall–Kier alpha value is -1.32. The first-order valence-corrected chi connectivity index (χ1v) is 9.37. The van der Waals surface area contributed by atoms with E-state index in [9.17, 15) is 0 Å². The van der Waals surface area contributed by atoms with Gasteiger partial charge in [0.25, 0.3) is 0 Å². The van der Waals surface area contributed by atoms with E-state index >= 15 is 0 Å². The van der Waals surface area contributed by atoms with Crippen LogP contribution in [0.1, 0.15) is 51.4 Å². The second-order valence-electron chi connectivity index (χ2n) is 5.64. The van der Waals surface area contributed by atoms with E-state index in [2.05, 4.69) is 69.0 Å². The quantitative estimate of drug-likeness (QED) is 0.340. The molecule has 0 amide bonds. The molecule has 158 valence electrons. The van der Waals surface area contributed by atoms with Crippen molar-refractivity contribution in [2.24, 2.45) is 0 Å². The molecule has 4 rings (SSSR count). The van der Waals surface area contributed by atoms with E-state index in [4.69, 9.17) is 0 Å². The summed E-state index contributed by atoms with van der Waals surface area (Å²) in [6, 6.07) is 3.56. The molecule has 2 heterocycles. The minimum atomic E-state index is 0. The molecule has 2 aromatic rings. The van der Waals surface area contributed by atoms with Gasteiger partial charge in [-0.05, 0) is 51.4 Å². The first-order chi connectivity index (χ1) is 13.0. The normalized spacial score (nSPS) is 18.9. The average Bonchev–Trinajstić information content (AvgIpc) is 3.34. The number of aromatic nitrogens is 4. The van der Waals surface area contributed by atoms with Gasteiger partial charge >= 0.3 is 0 Å². The molecule has 0 aromatic carbocycles. The van der Waals surface area contributed by atoms with Gasteiger partial charge in [-0.15, -0.1) is 0 Å². The van der Waals surface area contributed by atoms with E-state index in [0.717, 1.165) is 0 Å². The molecule has 2 aromatic heterocycles. The van der Waals surface area contributed by atoms with Crippen molar-refractivity contribution in [1.29, 1.82) is 0 Å². The molecule has 0 saturated heterocycles. The van der Waals surface area contributed by atoms with Crippen LogP contribution in [0.15, 0.2) is 85.5 Å². The van der Waals surface area contributed by atoms with Gasteiger partial charge in [0, 0.05) is 52.6 Å². The first-order valence-electron chi connectivity index (χ1n) is 9.37. The number of hydrogen-bond acceptors (Lipinski definition) is 2. The number of rotatable bonds is 0. The molecule has 0 unspecified atom stereocenters. The maximum atomic E-state index is 3.47. The van der Waals surface area contributed by atoms with Gasteiger partial charge in [0.15, 0.2) is 0 Å². The largest absolute Gasteiger partial charge is 0.582 e. The summed E-state index contributed by atoms with van der Waals surface area (Å²) < 4.78 is 0. The molecular formula is C22H30Ir2N4-2. The van der Waals surface area contributed by atoms with Gasteiger partial charge in [-0.1, -0.05) is 60.7 Å². The van der Waals surface area contributed by atoms with Crippen LogP contribution in [0.2, 0.25) is 0 Å². The average molecular weight is 735 g/mol. The predicted octanol–water partition coefficient (Wildman–Crippen LogP) is 5.42. The van der Waals surface area contributed by atoms with Gasteiger partial charge in [-0.2, -0.15) is 12.4 Å². The summed E-state index contributed by atoms with van der Waals surface area (Å²) in [6.45, 7) is 0. The zero-order valence-electron chi connectivity index (χ0n) is 16.2. The molecule has 2 radical (unpaired) electrons. The Morgan fingerprint density at radius 3 is 0.786 bits per heavy atom. The smallest absolute Gasteiger partial charge is 0.00194 e. The zero-order chi connectivity index (χ0) is 18.4. The molecule has 4 nitrogen and oxygen atoms in total. The van der Waals surface area contributed by atoms with Crippen LogP contribution < -0.4 is 10.2 Å². The Labute approximate surface area is 196 Å². The summed E-state index contributed by atoms with van der Waals surface area (Å²) in [7, 11) is 0. The van der Waals surface area contributed by atoms with Crippen molar-refractivity contribution in [2.75, 3.05) is 0 Å². The van der Waals surface area contributed by atoms with Gasteiger partial charge in [0.05, 0.1) is 0 Å². The van der Waals surface area contributed by atoms with Crippen molar-refractivity contribution in [2.45, 2.75) is 51.4 Å². The summed E-state index contributed by atoms with van der Waals surface area (Å²) in [5.41, 5.74) is 0. The standard InChI is InChI=1S/2C8H12.2C3H3N2.2Ir/c2*1-2-4-6-8-7-5-3-1;2*1-2-4-5-3-1;;/h2*1-2,7-8H,3-6H2;2*1-3H;;/q;;2*-1;;/b2*2-1-,8-7-;;;;. The van der Waals surface area contributed by atoms with Crippen LogP contribution in [-0.4, -0.2) is 10.2 Å². The van der Waals surface area contributed by atoms with Gasteiger partial charge in [-0.3, -0.25) is 0 Å². The van der Waals surface area contributed by atoms with Crippen LogP contribution in [0.3, 0.4) is 0 Å². The molecule has 2 aliphatic carbocycles. The van der Waals surface area contributed by atoms with Crippen LogP contribution in [0.5, 0.6) is 0 Å². The SMILES string of the molecule is C1=C\CC/C=C\CC/1.C1=C\CC/C=C\CC/1.[Ir].[Ir].c1cn[n-]c1.c1cn[n-]c1. The van der Waals surface area contributed by atoms with E-state index in [1.165, 1.54) is 51.4 Å². The molecular weight excluding hydrogens is 705 g/mol. The Morgan fingerprint density at radius 2 is 0.679 bits per heavy atom. The fraction of sp³-hybridized carbons (Fsp3) is 0.364. The Kier molecular flexibility index (Phi) is 26.5. The molecule has 6 heteroatoms. The summed E-state index contributed by atoms with van der Waals surface area (Å²) >= 11 is 0. The molecule has 0 atom stereocenters. The monoisotopic (exact) mass is 736 g/mol. The first kappa shape index (κ1) is 28.9. The maximum absolute atomic E-state index is 3.47. The number of hydrogen-bond donors (Lipinski definition) is 0. The van der Waals surface area contributed by atoms with Crippen molar-refractivity contribution in [3.8, 4) is 0 Å². The van der Waals surface area contributed by atoms with E-state index in [1.807, 2.05) is 0 Å². The van der Waals surface area contributed by atoms with Crippen molar-refractivity contribution >= 4 is 0 Å². The van der Waals surface area contributed by atoms with Gasteiger partial charge in [-0.25, -0.2) is 0 Å². The van der Waals surface area contributed by atoms with Crippen LogP contribution in [0.25, 0.3) is 0 Å². The van der Waals surface area contributed by atoms with Crippen LogP contribution >= 0.6 is 0 Å². The van der Waals surface area contributed by atoms with Crippen molar-refractivity contribution in [3.05, 3.63) is 85.5 Å². The predicted molar refractivity (Wildman–Crippen MR) is 109 cm³/mol. The van der Waals surface area contributed by atoms with E-state index in [1.54, 1.807) is 36.9 Å². The second-order valence-corrected chi connectivity index (χ2v) is 5.64. The second kappa shape index (κ2) is 25.7. The Bertz CT molecular complexity index is 447. The van der Waals surface area contributed by atoms with E-state index in [-0.39, 0.29) is 40.2 Å². The third-order valence-electron chi connectivity index (χ3n) is 3.41. The van der Waals surface area contributed by atoms with E-state index < -0.39 is 0 Å². The third-order valence-corrected chi connectivity index (χ3v) is 3.41. The third kappa shape index (κ3) is 22.7. The summed E-state index contributed by atoms with van der Waals surface area (Å²) in [5, 5.41) is 13.9. The van der Waals surface area contributed by atoms with Crippen LogP contribution in [0, 0.1) is 0 Å². The van der Waals surface area contributed by atoms with Gasteiger partial charge in [0.2, 0.25) is 0 Å². The summed E-state index contributed by atoms with van der Waals surface area (Å²) in [4.78, 5) is 0. The minimum Gasteiger partial charge on any atom is -0.582 e. The molecule has 2 aliphatic rings. The van der Waals surface area contributed by atoms with Crippen LogP contribution in [0.4, 0.5) is 0 Å². The molecule has 28 heavy (non-hydrogen) atoms. The molecule has 0 bridgehead atoms. The van der Waals surface area contributed by atoms with Crippen molar-refractivity contribution < 1.29 is 40.2 Å². The van der Waals surface area contributed by atoms with Crippen molar-refractivity contribution in [1.82, 2.24) is 20.4 Å². The Balaban J connectivity index is 0. The summed E-state index contributed by atoms with van der Waals surface area (Å²) in [6.07, 6.45) is 34.6. The van der Waals surface area contributed by atoms with Crippen molar-refractivity contribution in [3.63, 3.8) is 0 Å². The number of nitrogens with zero attached hydrogens (tertiary/aromatic N) is 4. The molecule has 0 fully saturated rings. The zero-order valence-corrected chi connectivity index (χ0v) is 21.0. The molecule has 0 N–H and O–H groups in total. The molecule has 0 spiro atoms. The van der Waals surface area contributed by atoms with Gasteiger partial charge in [0.1, 0.15) is 0 Å². The summed E-state index contributed by atoms with van der Waals surface area (Å²) in [5.74, 6) is 0. The maximum Gasteiger partial charge on any atom is 0.00194 e. The van der Waals surface area contributed by atoms with Gasteiger partial charge < -0.3 is 20.4 Å². The Morgan fingerprint density at radius 1 is 0.429 bits per heavy atom. The minimum absolute atomic E-state index is 0. The fourth-order valence-corrected chi connectivity index (χ4v) is 2.10. The molecule has 0 saturated carbocycles. The van der Waals surface area contributed by atoms with E-state index in [0.29, 0.717) is 0 Å². The fourth-order valence-electron chi connectivity index (χ4n) is 2.10. The topological polar surface area (TPSA) is 54.0 Å². The molecule has 0 aliphatic heterocycles. The number of allylic oxidation sites excluding steroid dienone is 8.